The van der Waals surface area contributed by atoms with E-state index in [9.17, 15) is 18.0 Å². The predicted octanol–water partition coefficient (Wildman–Crippen LogP) is 4.97. The highest BCUT2D eigenvalue weighted by molar-refractivity contribution is 5.80. The predicted molar refractivity (Wildman–Crippen MR) is 83.1 cm³/mol. The van der Waals surface area contributed by atoms with E-state index >= 15 is 0 Å². The van der Waals surface area contributed by atoms with E-state index in [-0.39, 0.29) is 17.0 Å². The van der Waals surface area contributed by atoms with Crippen LogP contribution in [-0.2, 0) is 10.9 Å². The molecule has 24 heavy (non-hydrogen) atoms. The zero-order valence-corrected chi connectivity index (χ0v) is 13.8. The number of nitrogens with zero attached hydrogens (tertiary/aromatic N) is 1. The highest BCUT2D eigenvalue weighted by Gasteiger charge is 2.35. The number of carbonyl (C=O) groups excluding carboxylic acids is 1. The maximum Gasteiger partial charge on any atom is 0.418 e. The van der Waals surface area contributed by atoms with Crippen LogP contribution in [0, 0.1) is 0 Å². The number of hydrogen-bond acceptors (Lipinski definition) is 3. The molecule has 0 saturated carbocycles. The highest BCUT2D eigenvalue weighted by Crippen LogP contribution is 2.39. The average molecular weight is 341 g/mol. The summed E-state index contributed by atoms with van der Waals surface area (Å²) in [5, 5.41) is 0. The van der Waals surface area contributed by atoms with E-state index in [0.29, 0.717) is 0 Å². The van der Waals surface area contributed by atoms with Crippen molar-refractivity contribution < 1.29 is 27.4 Å². The number of rotatable bonds is 2. The standard InChI is InChI=1S/C17H18F3NO3/c1-16(2,3)24-15(22)21-9-5-6-14(21)12-10-11(23-4)7-8-13(12)17(18,19)20/h5-10H,1-4H3. The number of methoxy groups -OCH3 is 1. The minimum Gasteiger partial charge on any atom is -0.497 e. The van der Waals surface area contributed by atoms with Gasteiger partial charge in [0.2, 0.25) is 0 Å². The van der Waals surface area contributed by atoms with Gasteiger partial charge in [0.05, 0.1) is 18.4 Å². The lowest BCUT2D eigenvalue weighted by Crippen LogP contribution is -2.27. The van der Waals surface area contributed by atoms with Crippen LogP contribution in [0.3, 0.4) is 0 Å². The van der Waals surface area contributed by atoms with Crippen molar-refractivity contribution in [2.75, 3.05) is 7.11 Å². The molecule has 4 nitrogen and oxygen atoms in total. The van der Waals surface area contributed by atoms with Crippen LogP contribution in [0.4, 0.5) is 18.0 Å². The largest absolute Gasteiger partial charge is 0.497 e. The minimum atomic E-state index is -4.56. The Morgan fingerprint density at radius 2 is 1.79 bits per heavy atom. The minimum absolute atomic E-state index is 0.0791. The van der Waals surface area contributed by atoms with E-state index in [2.05, 4.69) is 0 Å². The van der Waals surface area contributed by atoms with Gasteiger partial charge in [0.15, 0.2) is 0 Å². The first-order valence-corrected chi connectivity index (χ1v) is 7.19. The Kier molecular flexibility index (Phi) is 4.64. The summed E-state index contributed by atoms with van der Waals surface area (Å²) in [5.41, 5.74) is -1.69. The molecular weight excluding hydrogens is 323 g/mol. The smallest absolute Gasteiger partial charge is 0.418 e. The quantitative estimate of drug-likeness (QED) is 0.775. The van der Waals surface area contributed by atoms with Gasteiger partial charge in [-0.2, -0.15) is 13.2 Å². The van der Waals surface area contributed by atoms with Crippen LogP contribution in [0.15, 0.2) is 36.5 Å². The molecule has 1 aromatic heterocycles. The summed E-state index contributed by atoms with van der Waals surface area (Å²) in [7, 11) is 1.36. The third-order valence-corrected chi connectivity index (χ3v) is 3.15. The van der Waals surface area contributed by atoms with Gasteiger partial charge < -0.3 is 9.47 Å². The zero-order valence-electron chi connectivity index (χ0n) is 13.8. The fourth-order valence-corrected chi connectivity index (χ4v) is 2.18. The van der Waals surface area contributed by atoms with Gasteiger partial charge in [-0.05, 0) is 51.1 Å². The van der Waals surface area contributed by atoms with E-state index in [4.69, 9.17) is 9.47 Å². The number of hydrogen-bond donors (Lipinski definition) is 0. The van der Waals surface area contributed by atoms with Gasteiger partial charge in [0.1, 0.15) is 11.4 Å². The van der Waals surface area contributed by atoms with Crippen molar-refractivity contribution in [3.63, 3.8) is 0 Å². The fourth-order valence-electron chi connectivity index (χ4n) is 2.18. The average Bonchev–Trinajstić information content (AvgIpc) is 2.93. The van der Waals surface area contributed by atoms with E-state index < -0.39 is 23.4 Å². The maximum atomic E-state index is 13.3. The Hall–Kier alpha value is -2.44. The van der Waals surface area contributed by atoms with Crippen molar-refractivity contribution in [2.45, 2.75) is 32.5 Å². The lowest BCUT2D eigenvalue weighted by atomic mass is 10.0. The van der Waals surface area contributed by atoms with E-state index in [0.717, 1.165) is 10.6 Å². The van der Waals surface area contributed by atoms with Crippen molar-refractivity contribution in [3.05, 3.63) is 42.1 Å². The van der Waals surface area contributed by atoms with Gasteiger partial charge in [0.25, 0.3) is 0 Å². The summed E-state index contributed by atoms with van der Waals surface area (Å²) in [6, 6.07) is 6.32. The second kappa shape index (κ2) is 6.22. The van der Waals surface area contributed by atoms with Gasteiger partial charge in [-0.15, -0.1) is 0 Å². The number of benzene rings is 1. The molecule has 0 aliphatic heterocycles. The first-order chi connectivity index (χ1) is 11.0. The molecule has 1 aromatic carbocycles. The highest BCUT2D eigenvalue weighted by atomic mass is 19.4. The molecule has 2 aromatic rings. The molecule has 0 fully saturated rings. The molecule has 2 rings (SSSR count). The second-order valence-electron chi connectivity index (χ2n) is 6.15. The van der Waals surface area contributed by atoms with Crippen LogP contribution >= 0.6 is 0 Å². The van der Waals surface area contributed by atoms with Crippen LogP contribution in [0.1, 0.15) is 26.3 Å². The molecule has 0 spiro atoms. The van der Waals surface area contributed by atoms with Gasteiger partial charge in [-0.1, -0.05) is 0 Å². The molecule has 0 aliphatic carbocycles. The first-order valence-electron chi connectivity index (χ1n) is 7.19. The molecule has 1 heterocycles. The summed E-state index contributed by atoms with van der Waals surface area (Å²) < 4.78 is 51.2. The van der Waals surface area contributed by atoms with Crippen LogP contribution in [-0.4, -0.2) is 23.4 Å². The molecule has 0 radical (unpaired) electrons. The molecular formula is C17H18F3NO3. The van der Waals surface area contributed by atoms with Crippen LogP contribution in [0.2, 0.25) is 0 Å². The summed E-state index contributed by atoms with van der Waals surface area (Å²) in [6.45, 7) is 5.04. The Balaban J connectivity index is 2.57. The summed E-state index contributed by atoms with van der Waals surface area (Å²) >= 11 is 0. The molecule has 0 unspecified atom stereocenters. The molecule has 0 N–H and O–H groups in total. The Morgan fingerprint density at radius 3 is 2.33 bits per heavy atom. The van der Waals surface area contributed by atoms with Gasteiger partial charge in [-0.25, -0.2) is 4.79 Å². The van der Waals surface area contributed by atoms with Gasteiger partial charge in [-0.3, -0.25) is 4.57 Å². The Labute approximate surface area is 137 Å². The molecule has 130 valence electrons. The third-order valence-electron chi connectivity index (χ3n) is 3.15. The topological polar surface area (TPSA) is 40.5 Å². The third kappa shape index (κ3) is 3.90. The number of halogens is 3. The maximum absolute atomic E-state index is 13.3. The number of carbonyl (C=O) groups is 1. The summed E-state index contributed by atoms with van der Waals surface area (Å²) in [5.74, 6) is 0.259. The lowest BCUT2D eigenvalue weighted by Gasteiger charge is -2.21. The number of alkyl halides is 3. The number of ether oxygens (including phenoxy) is 2. The normalized spacial score (nSPS) is 12.1. The molecule has 7 heteroatoms. The Bertz CT molecular complexity index is 742. The van der Waals surface area contributed by atoms with E-state index in [1.54, 1.807) is 20.8 Å². The molecule has 0 amide bonds. The van der Waals surface area contributed by atoms with Crippen LogP contribution < -0.4 is 4.74 Å². The zero-order chi connectivity index (χ0) is 18.1. The van der Waals surface area contributed by atoms with E-state index in [1.807, 2.05) is 0 Å². The van der Waals surface area contributed by atoms with E-state index in [1.165, 1.54) is 37.6 Å². The van der Waals surface area contributed by atoms with Crippen LogP contribution in [0.5, 0.6) is 5.75 Å². The second-order valence-corrected chi connectivity index (χ2v) is 6.15. The Morgan fingerprint density at radius 1 is 1.12 bits per heavy atom. The molecule has 0 atom stereocenters. The van der Waals surface area contributed by atoms with Gasteiger partial charge in [0, 0.05) is 11.8 Å². The first kappa shape index (κ1) is 17.9. The fraction of sp³-hybridized carbons (Fsp3) is 0.353. The van der Waals surface area contributed by atoms with Gasteiger partial charge >= 0.3 is 12.3 Å². The SMILES string of the molecule is COc1ccc(C(F)(F)F)c(-c2cccn2C(=O)OC(C)(C)C)c1. The summed E-state index contributed by atoms with van der Waals surface area (Å²) in [6.07, 6.45) is -3.95. The lowest BCUT2D eigenvalue weighted by molar-refractivity contribution is -0.137. The molecule has 0 bridgehead atoms. The molecule has 0 aliphatic rings. The molecule has 0 saturated heterocycles. The van der Waals surface area contributed by atoms with Crippen molar-refractivity contribution in [1.29, 1.82) is 0 Å². The number of aromatic nitrogens is 1. The van der Waals surface area contributed by atoms with Crippen molar-refractivity contribution in [3.8, 4) is 17.0 Å². The summed E-state index contributed by atoms with van der Waals surface area (Å²) in [4.78, 5) is 12.3. The van der Waals surface area contributed by atoms with Crippen LogP contribution in [0.25, 0.3) is 11.3 Å². The van der Waals surface area contributed by atoms with Crippen molar-refractivity contribution in [1.82, 2.24) is 4.57 Å². The van der Waals surface area contributed by atoms with Crippen molar-refractivity contribution in [2.24, 2.45) is 0 Å². The monoisotopic (exact) mass is 341 g/mol. The van der Waals surface area contributed by atoms with Crippen molar-refractivity contribution >= 4 is 6.09 Å².